The van der Waals surface area contributed by atoms with E-state index in [9.17, 15) is 4.79 Å². The molecule has 13 heteroatoms. The summed E-state index contributed by atoms with van der Waals surface area (Å²) in [6, 6.07) is 31.5. The van der Waals surface area contributed by atoms with Crippen LogP contribution >= 0.6 is 0 Å². The molecule has 6 heterocycles. The molecule has 8 aromatic rings. The largest absolute Gasteiger partial charge is 0.368 e. The van der Waals surface area contributed by atoms with Gasteiger partial charge in [0.05, 0.1) is 23.4 Å². The van der Waals surface area contributed by atoms with Crippen LogP contribution in [-0.2, 0) is 17.6 Å². The van der Waals surface area contributed by atoms with Crippen LogP contribution in [0.3, 0.4) is 0 Å². The third-order valence-corrected chi connectivity index (χ3v) is 8.89. The molecule has 0 fully saturated rings. The summed E-state index contributed by atoms with van der Waals surface area (Å²) >= 11 is 0. The Morgan fingerprint density at radius 2 is 1.00 bits per heavy atom. The first-order chi connectivity index (χ1) is 27.6. The van der Waals surface area contributed by atoms with Crippen molar-refractivity contribution < 1.29 is 4.79 Å². The average Bonchev–Trinajstić information content (AvgIpc) is 3.26. The topological polar surface area (TPSA) is 182 Å². The van der Waals surface area contributed by atoms with Gasteiger partial charge in [-0.25, -0.2) is 19.9 Å². The van der Waals surface area contributed by atoms with Gasteiger partial charge < -0.3 is 21.7 Å². The van der Waals surface area contributed by atoms with Gasteiger partial charge in [0, 0.05) is 84.3 Å². The molecule has 8 rings (SSSR count). The summed E-state index contributed by atoms with van der Waals surface area (Å²) in [4.78, 5) is 46.2. The molecule has 56 heavy (non-hydrogen) atoms. The number of benzene rings is 2. The van der Waals surface area contributed by atoms with Gasteiger partial charge in [0.1, 0.15) is 11.6 Å². The number of anilines is 2. The Bertz CT molecular complexity index is 2460. The Hall–Kier alpha value is -7.25. The highest BCUT2D eigenvalue weighted by Gasteiger charge is 2.14. The quantitative estimate of drug-likeness (QED) is 0.0967. The number of hydrogen-bond acceptors (Lipinski definition) is 12. The highest BCUT2D eigenvalue weighted by molar-refractivity contribution is 5.90. The van der Waals surface area contributed by atoms with Crippen molar-refractivity contribution in [3.05, 3.63) is 158 Å². The molecular weight excluding hydrogens is 701 g/mol. The second kappa shape index (κ2) is 18.7. The monoisotopic (exact) mass is 740 g/mol. The van der Waals surface area contributed by atoms with E-state index in [0.29, 0.717) is 37.0 Å². The fraction of sp³-hybridized carbons (Fsp3) is 0.140. The molecule has 0 saturated carbocycles. The van der Waals surface area contributed by atoms with Gasteiger partial charge in [-0.2, -0.15) is 0 Å². The zero-order valence-corrected chi connectivity index (χ0v) is 30.5. The van der Waals surface area contributed by atoms with E-state index in [0.717, 1.165) is 57.1 Å². The highest BCUT2D eigenvalue weighted by Crippen LogP contribution is 2.25. The fourth-order valence-electron chi connectivity index (χ4n) is 6.11. The van der Waals surface area contributed by atoms with E-state index in [2.05, 4.69) is 58.0 Å². The second-order valence-corrected chi connectivity index (χ2v) is 12.9. The summed E-state index contributed by atoms with van der Waals surface area (Å²) in [6.45, 7) is 1.14. The van der Waals surface area contributed by atoms with E-state index in [1.807, 2.05) is 84.9 Å². The highest BCUT2D eigenvalue weighted by atomic mass is 16.1. The minimum Gasteiger partial charge on any atom is -0.368 e. The molecule has 2 aromatic carbocycles. The maximum absolute atomic E-state index is 11.1. The molecule has 278 valence electrons. The molecule has 0 spiro atoms. The molecule has 2 atom stereocenters. The Morgan fingerprint density at radius 1 is 0.536 bits per heavy atom. The van der Waals surface area contributed by atoms with Gasteiger partial charge in [0.25, 0.3) is 0 Å². The van der Waals surface area contributed by atoms with Gasteiger partial charge in [0.15, 0.2) is 11.6 Å². The second-order valence-electron chi connectivity index (χ2n) is 12.9. The lowest BCUT2D eigenvalue weighted by atomic mass is 10.1. The number of nitrogens with two attached hydrogens (primary N) is 1. The summed E-state index contributed by atoms with van der Waals surface area (Å²) in [7, 11) is 0. The lowest BCUT2D eigenvalue weighted by Crippen LogP contribution is -2.36. The van der Waals surface area contributed by atoms with Crippen LogP contribution in [0.2, 0.25) is 0 Å². The SMILES string of the molecule is N[C@H](CNc1nc(-c2ccncc2)nc2cnccc12)Cc1ccccc1.O=CN[C@H](CNc1nc(-c2ccncc2)nc2cnccc12)Cc1ccccc1. The number of rotatable bonds is 14. The summed E-state index contributed by atoms with van der Waals surface area (Å²) in [5.74, 6) is 2.70. The maximum Gasteiger partial charge on any atom is 0.207 e. The van der Waals surface area contributed by atoms with E-state index in [1.54, 1.807) is 49.6 Å². The van der Waals surface area contributed by atoms with Gasteiger partial charge in [-0.05, 0) is 60.4 Å². The first-order valence-corrected chi connectivity index (χ1v) is 18.2. The van der Waals surface area contributed by atoms with Gasteiger partial charge >= 0.3 is 0 Å². The van der Waals surface area contributed by atoms with Crippen LogP contribution in [-0.4, -0.2) is 71.5 Å². The van der Waals surface area contributed by atoms with Crippen LogP contribution < -0.4 is 21.7 Å². The van der Waals surface area contributed by atoms with Crippen LogP contribution in [0.4, 0.5) is 11.6 Å². The minimum atomic E-state index is -0.0777. The number of fused-ring (bicyclic) bond motifs is 2. The van der Waals surface area contributed by atoms with Gasteiger partial charge in [-0.15, -0.1) is 0 Å². The zero-order chi connectivity index (χ0) is 38.4. The molecule has 5 N–H and O–H groups in total. The van der Waals surface area contributed by atoms with Crippen LogP contribution in [0.25, 0.3) is 44.6 Å². The number of carbonyl (C=O) groups excluding carboxylic acids is 1. The number of nitrogens with one attached hydrogen (secondary N) is 3. The smallest absolute Gasteiger partial charge is 0.207 e. The van der Waals surface area contributed by atoms with Crippen LogP contribution in [0.15, 0.2) is 147 Å². The van der Waals surface area contributed by atoms with Crippen molar-refractivity contribution in [2.45, 2.75) is 24.9 Å². The molecule has 0 bridgehead atoms. The molecule has 13 nitrogen and oxygen atoms in total. The van der Waals surface area contributed by atoms with Crippen LogP contribution in [0, 0.1) is 0 Å². The third-order valence-electron chi connectivity index (χ3n) is 8.89. The van der Waals surface area contributed by atoms with E-state index in [1.165, 1.54) is 5.56 Å². The molecule has 6 aromatic heterocycles. The number of hydrogen-bond donors (Lipinski definition) is 4. The molecular formula is C43H40N12O. The lowest BCUT2D eigenvalue weighted by Gasteiger charge is -2.18. The van der Waals surface area contributed by atoms with Gasteiger partial charge in [0.2, 0.25) is 6.41 Å². The van der Waals surface area contributed by atoms with Crippen LogP contribution in [0.5, 0.6) is 0 Å². The first-order valence-electron chi connectivity index (χ1n) is 18.2. The summed E-state index contributed by atoms with van der Waals surface area (Å²) in [6.07, 6.45) is 16.1. The average molecular weight is 741 g/mol. The Labute approximate surface area is 324 Å². The van der Waals surface area contributed by atoms with Gasteiger partial charge in [-0.1, -0.05) is 60.7 Å². The van der Waals surface area contributed by atoms with E-state index >= 15 is 0 Å². The van der Waals surface area contributed by atoms with Crippen molar-refractivity contribution in [2.24, 2.45) is 5.73 Å². The summed E-state index contributed by atoms with van der Waals surface area (Å²) in [5, 5.41) is 11.5. The molecule has 0 radical (unpaired) electrons. The molecule has 0 aliphatic rings. The standard InChI is InChI=1S/C22H20N6O.C21H20N6/c29-15-26-18(12-16-4-2-1-3-5-16)13-25-22-19-8-11-24-14-20(19)27-21(28-22)17-6-9-23-10-7-17;22-17(12-15-4-2-1-3-5-15)13-25-21-18-8-11-24-14-19(18)26-20(27-21)16-6-9-23-10-7-16/h1-11,14-15,18H,12-13H2,(H,26,29)(H,25,27,28);1-11,14,17H,12-13,22H2,(H,25,26,27)/t18-;17-/m00/s1. The Kier molecular flexibility index (Phi) is 12.4. The van der Waals surface area contributed by atoms with E-state index in [-0.39, 0.29) is 12.1 Å². The maximum atomic E-state index is 11.1. The summed E-state index contributed by atoms with van der Waals surface area (Å²) in [5.41, 5.74) is 12.0. The molecule has 0 aliphatic carbocycles. The number of amides is 1. The van der Waals surface area contributed by atoms with Crippen molar-refractivity contribution >= 4 is 39.9 Å². The van der Waals surface area contributed by atoms with Crippen molar-refractivity contribution in [3.63, 3.8) is 0 Å². The molecule has 1 amide bonds. The fourth-order valence-corrected chi connectivity index (χ4v) is 6.11. The molecule has 0 aliphatic heterocycles. The zero-order valence-electron chi connectivity index (χ0n) is 30.5. The molecule has 0 saturated heterocycles. The first kappa shape index (κ1) is 37.1. The third kappa shape index (κ3) is 9.83. The van der Waals surface area contributed by atoms with Crippen LogP contribution in [0.1, 0.15) is 11.1 Å². The summed E-state index contributed by atoms with van der Waals surface area (Å²) < 4.78 is 0. The van der Waals surface area contributed by atoms with Crippen molar-refractivity contribution in [1.29, 1.82) is 0 Å². The number of aromatic nitrogens is 8. The number of pyridine rings is 4. The predicted molar refractivity (Wildman–Crippen MR) is 219 cm³/mol. The van der Waals surface area contributed by atoms with E-state index < -0.39 is 0 Å². The molecule has 0 unspecified atom stereocenters. The number of carbonyl (C=O) groups is 1. The number of nitrogens with zero attached hydrogens (tertiary/aromatic N) is 8. The predicted octanol–water partition coefficient (Wildman–Crippen LogP) is 5.92. The van der Waals surface area contributed by atoms with Crippen molar-refractivity contribution in [1.82, 2.24) is 45.2 Å². The normalized spacial score (nSPS) is 11.9. The Balaban J connectivity index is 0.000000172. The Morgan fingerprint density at radius 3 is 1.50 bits per heavy atom. The van der Waals surface area contributed by atoms with Gasteiger partial charge in [-0.3, -0.25) is 24.7 Å². The minimum absolute atomic E-state index is 0.0244. The van der Waals surface area contributed by atoms with Crippen molar-refractivity contribution in [3.8, 4) is 22.8 Å². The lowest BCUT2D eigenvalue weighted by molar-refractivity contribution is -0.110. The van der Waals surface area contributed by atoms with E-state index in [4.69, 9.17) is 15.7 Å². The van der Waals surface area contributed by atoms with Crippen molar-refractivity contribution in [2.75, 3.05) is 23.7 Å².